The molecule has 1 saturated heterocycles. The summed E-state index contributed by atoms with van der Waals surface area (Å²) in [5, 5.41) is 0. The molecule has 2 unspecified atom stereocenters. The standard InChI is InChI=1S/C21H23F3N4O3.C3H6/c1-28(2)20(25)27-21(12-30-8-6-13(21)11-29)16-9-14(3-4-17(16)22)31-15-5-7-26-18(10-15)19(23)24;1-2-3-1/h3-5,7,9-11,13,19H,6,8,12H2,1-2H3,(H2,25,27);1-3H2. The van der Waals surface area contributed by atoms with E-state index in [1.165, 1.54) is 49.7 Å². The summed E-state index contributed by atoms with van der Waals surface area (Å²) >= 11 is 0. The van der Waals surface area contributed by atoms with Gasteiger partial charge in [-0.15, -0.1) is 0 Å². The molecule has 2 aromatic rings. The number of nitrogens with zero attached hydrogens (tertiary/aromatic N) is 3. The number of nitrogens with two attached hydrogens (primary N) is 1. The molecule has 1 aliphatic heterocycles. The van der Waals surface area contributed by atoms with E-state index in [1.54, 1.807) is 19.0 Å². The van der Waals surface area contributed by atoms with Crippen LogP contribution in [0.2, 0.25) is 0 Å². The lowest BCUT2D eigenvalue weighted by molar-refractivity contribution is -0.118. The molecule has 10 heteroatoms. The Morgan fingerprint density at radius 1 is 1.26 bits per heavy atom. The summed E-state index contributed by atoms with van der Waals surface area (Å²) in [5.74, 6) is -0.922. The fourth-order valence-electron chi connectivity index (χ4n) is 3.37. The Morgan fingerprint density at radius 2 is 1.97 bits per heavy atom. The normalized spacial score (nSPS) is 21.9. The zero-order valence-electron chi connectivity index (χ0n) is 19.2. The molecule has 4 rings (SSSR count). The van der Waals surface area contributed by atoms with Gasteiger partial charge in [-0.05, 0) is 30.7 Å². The van der Waals surface area contributed by atoms with E-state index >= 15 is 4.39 Å². The van der Waals surface area contributed by atoms with Crippen molar-refractivity contribution in [1.82, 2.24) is 9.88 Å². The Kier molecular flexibility index (Phi) is 8.49. The van der Waals surface area contributed by atoms with Crippen LogP contribution >= 0.6 is 0 Å². The first kappa shape index (κ1) is 25.5. The van der Waals surface area contributed by atoms with Crippen molar-refractivity contribution in [2.45, 2.75) is 37.6 Å². The molecule has 1 aromatic carbocycles. The Balaban J connectivity index is 0.000000999. The molecule has 1 aromatic heterocycles. The maximum absolute atomic E-state index is 15.0. The topological polar surface area (TPSA) is 90.0 Å². The molecule has 1 saturated carbocycles. The highest BCUT2D eigenvalue weighted by molar-refractivity contribution is 5.78. The molecular formula is C24H29F3N4O3. The van der Waals surface area contributed by atoms with Gasteiger partial charge in [-0.25, -0.2) is 18.2 Å². The Hall–Kier alpha value is -3.14. The minimum atomic E-state index is -2.76. The number of alkyl halides is 2. The van der Waals surface area contributed by atoms with Gasteiger partial charge in [0.2, 0.25) is 0 Å². The number of carbonyl (C=O) groups excluding carboxylic acids is 1. The van der Waals surface area contributed by atoms with Crippen LogP contribution in [0.4, 0.5) is 13.2 Å². The number of halogens is 3. The van der Waals surface area contributed by atoms with Gasteiger partial charge in [0.1, 0.15) is 34.8 Å². The predicted molar refractivity (Wildman–Crippen MR) is 121 cm³/mol. The molecule has 2 atom stereocenters. The first-order valence-electron chi connectivity index (χ1n) is 11.0. The number of carbonyl (C=O) groups is 1. The highest BCUT2D eigenvalue weighted by Crippen LogP contribution is 2.41. The molecule has 2 heterocycles. The monoisotopic (exact) mass is 478 g/mol. The maximum Gasteiger partial charge on any atom is 0.280 e. The number of ether oxygens (including phenoxy) is 2. The van der Waals surface area contributed by atoms with Crippen molar-refractivity contribution in [1.29, 1.82) is 0 Å². The van der Waals surface area contributed by atoms with E-state index in [9.17, 15) is 13.6 Å². The van der Waals surface area contributed by atoms with E-state index in [2.05, 4.69) is 9.98 Å². The number of hydrogen-bond acceptors (Lipinski definition) is 5. The summed E-state index contributed by atoms with van der Waals surface area (Å²) < 4.78 is 52.1. The van der Waals surface area contributed by atoms with Crippen LogP contribution in [0.1, 0.15) is 43.4 Å². The van der Waals surface area contributed by atoms with Crippen molar-refractivity contribution < 1.29 is 27.4 Å². The number of hydrogen-bond donors (Lipinski definition) is 1. The highest BCUT2D eigenvalue weighted by Gasteiger charge is 2.45. The second-order valence-corrected chi connectivity index (χ2v) is 8.39. The van der Waals surface area contributed by atoms with Gasteiger partial charge >= 0.3 is 0 Å². The fraction of sp³-hybridized carbons (Fsp3) is 0.458. The molecule has 0 radical (unpaired) electrons. The van der Waals surface area contributed by atoms with E-state index in [4.69, 9.17) is 15.2 Å². The lowest BCUT2D eigenvalue weighted by Crippen LogP contribution is -2.47. The van der Waals surface area contributed by atoms with Crippen LogP contribution in [0, 0.1) is 11.7 Å². The Bertz CT molecular complexity index is 1010. The fourth-order valence-corrected chi connectivity index (χ4v) is 3.37. The molecule has 0 amide bonds. The number of aldehydes is 1. The summed E-state index contributed by atoms with van der Waals surface area (Å²) in [6, 6.07) is 6.41. The zero-order valence-corrected chi connectivity index (χ0v) is 19.2. The molecule has 34 heavy (non-hydrogen) atoms. The second-order valence-electron chi connectivity index (χ2n) is 8.39. The van der Waals surface area contributed by atoms with Crippen LogP contribution in [-0.4, -0.2) is 49.4 Å². The van der Waals surface area contributed by atoms with Crippen molar-refractivity contribution >= 4 is 12.2 Å². The third kappa shape index (κ3) is 6.25. The van der Waals surface area contributed by atoms with Gasteiger partial charge in [-0.1, -0.05) is 19.3 Å². The highest BCUT2D eigenvalue weighted by atomic mass is 19.3. The number of aromatic nitrogens is 1. The summed E-state index contributed by atoms with van der Waals surface area (Å²) in [6.07, 6.45) is 3.99. The Morgan fingerprint density at radius 3 is 2.59 bits per heavy atom. The van der Waals surface area contributed by atoms with E-state index < -0.39 is 29.4 Å². The minimum absolute atomic E-state index is 0.0594. The molecule has 0 spiro atoms. The Labute approximate surface area is 196 Å². The molecule has 1 aliphatic carbocycles. The van der Waals surface area contributed by atoms with Gasteiger partial charge in [-0.2, -0.15) is 0 Å². The van der Waals surface area contributed by atoms with Crippen LogP contribution in [0.5, 0.6) is 11.5 Å². The van der Waals surface area contributed by atoms with Crippen molar-refractivity contribution in [2.24, 2.45) is 16.6 Å². The third-order valence-corrected chi connectivity index (χ3v) is 5.41. The van der Waals surface area contributed by atoms with Crippen LogP contribution in [0.15, 0.2) is 41.5 Å². The predicted octanol–water partition coefficient (Wildman–Crippen LogP) is 4.43. The minimum Gasteiger partial charge on any atom is -0.457 e. The van der Waals surface area contributed by atoms with E-state index in [1.807, 2.05) is 0 Å². The summed E-state index contributed by atoms with van der Waals surface area (Å²) in [4.78, 5) is 21.5. The SMILES string of the molecule is C1CC1.CN(C)C(N)=NC1(c2cc(Oc3ccnc(C(F)F)c3)ccc2F)COCCC1C=O. The van der Waals surface area contributed by atoms with Crippen LogP contribution in [0.3, 0.4) is 0 Å². The average Bonchev–Trinajstić information content (AvgIpc) is 3.70. The lowest BCUT2D eigenvalue weighted by atomic mass is 9.76. The van der Waals surface area contributed by atoms with Crippen LogP contribution in [-0.2, 0) is 15.1 Å². The number of rotatable bonds is 6. The van der Waals surface area contributed by atoms with Gasteiger partial charge in [-0.3, -0.25) is 4.98 Å². The summed E-state index contributed by atoms with van der Waals surface area (Å²) in [7, 11) is 3.35. The summed E-state index contributed by atoms with van der Waals surface area (Å²) in [6.45, 7) is 0.268. The van der Waals surface area contributed by atoms with E-state index in [0.29, 0.717) is 13.0 Å². The van der Waals surface area contributed by atoms with E-state index in [0.717, 1.165) is 12.4 Å². The third-order valence-electron chi connectivity index (χ3n) is 5.41. The van der Waals surface area contributed by atoms with Gasteiger partial charge < -0.3 is 24.9 Å². The van der Waals surface area contributed by atoms with Crippen molar-refractivity contribution in [3.8, 4) is 11.5 Å². The molecule has 184 valence electrons. The van der Waals surface area contributed by atoms with Gasteiger partial charge in [0.15, 0.2) is 5.96 Å². The second kappa shape index (κ2) is 11.3. The smallest absolute Gasteiger partial charge is 0.280 e. The summed E-state index contributed by atoms with van der Waals surface area (Å²) in [5.41, 5.74) is 4.24. The van der Waals surface area contributed by atoms with Gasteiger partial charge in [0.05, 0.1) is 6.61 Å². The zero-order chi connectivity index (χ0) is 24.7. The molecule has 2 aliphatic rings. The van der Waals surface area contributed by atoms with Crippen LogP contribution < -0.4 is 10.5 Å². The van der Waals surface area contributed by atoms with Crippen LogP contribution in [0.25, 0.3) is 0 Å². The number of aliphatic imine (C=N–C) groups is 1. The van der Waals surface area contributed by atoms with Crippen molar-refractivity contribution in [3.63, 3.8) is 0 Å². The first-order chi connectivity index (χ1) is 16.3. The molecule has 2 N–H and O–H groups in total. The quantitative estimate of drug-likeness (QED) is 0.375. The molecule has 7 nitrogen and oxygen atoms in total. The molecular weight excluding hydrogens is 449 g/mol. The first-order valence-corrected chi connectivity index (χ1v) is 11.0. The van der Waals surface area contributed by atoms with Crippen molar-refractivity contribution in [3.05, 3.63) is 53.6 Å². The lowest BCUT2D eigenvalue weighted by Gasteiger charge is -2.39. The van der Waals surface area contributed by atoms with Crippen molar-refractivity contribution in [2.75, 3.05) is 27.3 Å². The van der Waals surface area contributed by atoms with Gasteiger partial charge in [0.25, 0.3) is 6.43 Å². The maximum atomic E-state index is 15.0. The van der Waals surface area contributed by atoms with E-state index in [-0.39, 0.29) is 29.6 Å². The molecule has 2 fully saturated rings. The van der Waals surface area contributed by atoms with Gasteiger partial charge in [0, 0.05) is 44.4 Å². The molecule has 0 bridgehead atoms. The number of guanidine groups is 1. The number of benzene rings is 1. The average molecular weight is 479 g/mol. The largest absolute Gasteiger partial charge is 0.457 e. The number of pyridine rings is 1.